The highest BCUT2D eigenvalue weighted by atomic mass is 16.7. The molecule has 0 saturated carbocycles. The molecule has 0 radical (unpaired) electrons. The normalized spacial score (nSPS) is 13.9. The quantitative estimate of drug-likeness (QED) is 0.685. The molecule has 0 spiro atoms. The zero-order chi connectivity index (χ0) is 12.8. The molecule has 0 aromatic rings. The van der Waals surface area contributed by atoms with Gasteiger partial charge >= 0.3 is 0 Å². The van der Waals surface area contributed by atoms with Crippen LogP contribution in [0.1, 0.15) is 48.0 Å². The van der Waals surface area contributed by atoms with Crippen LogP contribution in [0.25, 0.3) is 0 Å². The zero-order valence-corrected chi connectivity index (χ0v) is 11.4. The average molecular weight is 230 g/mol. The lowest BCUT2D eigenvalue weighted by molar-refractivity contribution is -0.133. The topological polar surface area (TPSA) is 50.4 Å². The van der Waals surface area contributed by atoms with Crippen molar-refractivity contribution >= 4 is 5.91 Å². The summed E-state index contributed by atoms with van der Waals surface area (Å²) < 4.78 is 0. The SMILES string of the molecule is CC(C)CCNC(=O)C(C)NOC(C)(C)C. The molecule has 4 heteroatoms. The first-order valence-electron chi connectivity index (χ1n) is 5.93. The van der Waals surface area contributed by atoms with Crippen molar-refractivity contribution in [2.24, 2.45) is 5.92 Å². The third kappa shape index (κ3) is 8.68. The molecule has 0 bridgehead atoms. The second kappa shape index (κ2) is 6.86. The Hall–Kier alpha value is -0.610. The summed E-state index contributed by atoms with van der Waals surface area (Å²) in [6.45, 7) is 12.6. The Labute approximate surface area is 99.1 Å². The van der Waals surface area contributed by atoms with Crippen molar-refractivity contribution in [2.75, 3.05) is 6.54 Å². The number of hydrogen-bond acceptors (Lipinski definition) is 3. The van der Waals surface area contributed by atoms with Crippen molar-refractivity contribution < 1.29 is 9.63 Å². The van der Waals surface area contributed by atoms with E-state index in [-0.39, 0.29) is 17.6 Å². The van der Waals surface area contributed by atoms with Crippen LogP contribution in [0.15, 0.2) is 0 Å². The molecule has 4 nitrogen and oxygen atoms in total. The maximum Gasteiger partial charge on any atom is 0.239 e. The van der Waals surface area contributed by atoms with E-state index in [0.29, 0.717) is 5.92 Å². The average Bonchev–Trinajstić information content (AvgIpc) is 2.12. The first-order valence-corrected chi connectivity index (χ1v) is 5.93. The van der Waals surface area contributed by atoms with E-state index in [1.807, 2.05) is 20.8 Å². The molecule has 0 aliphatic rings. The molecule has 0 aromatic heterocycles. The number of amides is 1. The minimum Gasteiger partial charge on any atom is -0.355 e. The number of rotatable bonds is 6. The van der Waals surface area contributed by atoms with E-state index in [4.69, 9.17) is 4.84 Å². The molecular weight excluding hydrogens is 204 g/mol. The number of carbonyl (C=O) groups excluding carboxylic acids is 1. The first kappa shape index (κ1) is 15.4. The van der Waals surface area contributed by atoms with Gasteiger partial charge in [-0.1, -0.05) is 13.8 Å². The molecule has 0 heterocycles. The monoisotopic (exact) mass is 230 g/mol. The first-order chi connectivity index (χ1) is 7.22. The van der Waals surface area contributed by atoms with E-state index in [0.717, 1.165) is 13.0 Å². The summed E-state index contributed by atoms with van der Waals surface area (Å²) >= 11 is 0. The lowest BCUT2D eigenvalue weighted by Crippen LogP contribution is -2.45. The van der Waals surface area contributed by atoms with E-state index < -0.39 is 0 Å². The van der Waals surface area contributed by atoms with Crippen LogP contribution in [0, 0.1) is 5.92 Å². The highest BCUT2D eigenvalue weighted by Crippen LogP contribution is 2.04. The summed E-state index contributed by atoms with van der Waals surface area (Å²) in [6, 6.07) is -0.327. The van der Waals surface area contributed by atoms with Crippen molar-refractivity contribution in [1.29, 1.82) is 0 Å². The molecule has 0 saturated heterocycles. The Morgan fingerprint density at radius 2 is 1.81 bits per heavy atom. The van der Waals surface area contributed by atoms with Crippen LogP contribution in [0.5, 0.6) is 0 Å². The Morgan fingerprint density at radius 3 is 2.25 bits per heavy atom. The van der Waals surface area contributed by atoms with E-state index in [9.17, 15) is 4.79 Å². The number of hydrogen-bond donors (Lipinski definition) is 2. The molecule has 1 amide bonds. The molecule has 2 N–H and O–H groups in total. The minimum atomic E-state index is -0.327. The van der Waals surface area contributed by atoms with Crippen molar-refractivity contribution in [1.82, 2.24) is 10.8 Å². The molecule has 16 heavy (non-hydrogen) atoms. The Bertz CT molecular complexity index is 210. The van der Waals surface area contributed by atoms with Crippen LogP contribution >= 0.6 is 0 Å². The fourth-order valence-electron chi connectivity index (χ4n) is 0.956. The maximum atomic E-state index is 11.6. The van der Waals surface area contributed by atoms with Gasteiger partial charge in [0, 0.05) is 6.54 Å². The third-order valence-electron chi connectivity index (χ3n) is 1.96. The Balaban J connectivity index is 3.74. The van der Waals surface area contributed by atoms with Crippen LogP contribution in [-0.4, -0.2) is 24.1 Å². The van der Waals surface area contributed by atoms with Gasteiger partial charge in [0.2, 0.25) is 5.91 Å². The molecule has 0 fully saturated rings. The predicted octanol–water partition coefficient (Wildman–Crippen LogP) is 1.86. The predicted molar refractivity (Wildman–Crippen MR) is 65.9 cm³/mol. The second-order valence-corrected chi connectivity index (χ2v) is 5.53. The van der Waals surface area contributed by atoms with Gasteiger partial charge in [0.15, 0.2) is 0 Å². The second-order valence-electron chi connectivity index (χ2n) is 5.53. The van der Waals surface area contributed by atoms with Crippen LogP contribution in [0.3, 0.4) is 0 Å². The highest BCUT2D eigenvalue weighted by molar-refractivity contribution is 5.81. The standard InChI is InChI=1S/C12H26N2O2/c1-9(2)7-8-13-11(15)10(3)14-16-12(4,5)6/h9-10,14H,7-8H2,1-6H3,(H,13,15). The third-order valence-corrected chi connectivity index (χ3v) is 1.96. The van der Waals surface area contributed by atoms with Gasteiger partial charge in [0.25, 0.3) is 0 Å². The summed E-state index contributed by atoms with van der Waals surface area (Å²) in [5.74, 6) is 0.583. The van der Waals surface area contributed by atoms with Crippen LogP contribution < -0.4 is 10.8 Å². The van der Waals surface area contributed by atoms with Crippen molar-refractivity contribution in [3.63, 3.8) is 0 Å². The highest BCUT2D eigenvalue weighted by Gasteiger charge is 2.16. The van der Waals surface area contributed by atoms with Crippen LogP contribution in [0.2, 0.25) is 0 Å². The largest absolute Gasteiger partial charge is 0.355 e. The Kier molecular flexibility index (Phi) is 6.60. The van der Waals surface area contributed by atoms with Gasteiger partial charge in [-0.2, -0.15) is 5.48 Å². The smallest absolute Gasteiger partial charge is 0.239 e. The summed E-state index contributed by atoms with van der Waals surface area (Å²) in [5, 5.41) is 2.87. The fraction of sp³-hybridized carbons (Fsp3) is 0.917. The number of hydroxylamine groups is 1. The lowest BCUT2D eigenvalue weighted by Gasteiger charge is -2.22. The van der Waals surface area contributed by atoms with E-state index in [2.05, 4.69) is 24.6 Å². The minimum absolute atomic E-state index is 0.0232. The summed E-state index contributed by atoms with van der Waals surface area (Å²) in [6.07, 6.45) is 0.999. The van der Waals surface area contributed by atoms with Crippen molar-refractivity contribution in [3.05, 3.63) is 0 Å². The van der Waals surface area contributed by atoms with Gasteiger partial charge in [-0.25, -0.2) is 0 Å². The van der Waals surface area contributed by atoms with Gasteiger partial charge < -0.3 is 5.32 Å². The number of nitrogens with one attached hydrogen (secondary N) is 2. The zero-order valence-electron chi connectivity index (χ0n) is 11.4. The Morgan fingerprint density at radius 1 is 1.25 bits per heavy atom. The summed E-state index contributed by atoms with van der Waals surface area (Å²) in [4.78, 5) is 16.9. The molecular formula is C12H26N2O2. The molecule has 96 valence electrons. The van der Waals surface area contributed by atoms with E-state index in [1.165, 1.54) is 0 Å². The van der Waals surface area contributed by atoms with Crippen LogP contribution in [-0.2, 0) is 9.63 Å². The van der Waals surface area contributed by atoms with Gasteiger partial charge in [-0.3, -0.25) is 9.63 Å². The van der Waals surface area contributed by atoms with E-state index >= 15 is 0 Å². The molecule has 0 rings (SSSR count). The van der Waals surface area contributed by atoms with Crippen molar-refractivity contribution in [2.45, 2.75) is 59.6 Å². The van der Waals surface area contributed by atoms with Gasteiger partial charge in [0.05, 0.1) is 5.60 Å². The van der Waals surface area contributed by atoms with Gasteiger partial charge in [-0.05, 0) is 40.0 Å². The fourth-order valence-corrected chi connectivity index (χ4v) is 0.956. The van der Waals surface area contributed by atoms with Gasteiger partial charge in [-0.15, -0.1) is 0 Å². The summed E-state index contributed by atoms with van der Waals surface area (Å²) in [5.41, 5.74) is 2.46. The molecule has 0 aromatic carbocycles. The van der Waals surface area contributed by atoms with Crippen molar-refractivity contribution in [3.8, 4) is 0 Å². The van der Waals surface area contributed by atoms with Gasteiger partial charge in [0.1, 0.15) is 6.04 Å². The summed E-state index contributed by atoms with van der Waals surface area (Å²) in [7, 11) is 0. The molecule has 0 aliphatic carbocycles. The molecule has 1 unspecified atom stereocenters. The number of carbonyl (C=O) groups is 1. The molecule has 0 aliphatic heterocycles. The lowest BCUT2D eigenvalue weighted by atomic mass is 10.1. The maximum absolute atomic E-state index is 11.6. The van der Waals surface area contributed by atoms with E-state index in [1.54, 1.807) is 6.92 Å². The van der Waals surface area contributed by atoms with Crippen LogP contribution in [0.4, 0.5) is 0 Å². The molecule has 1 atom stereocenters.